The number of imide groups is 4. The monoisotopic (exact) mass is 603 g/mol. The van der Waals surface area contributed by atoms with Crippen LogP contribution in [0, 0.1) is 0 Å². The van der Waals surface area contributed by atoms with Gasteiger partial charge in [-0.25, -0.2) is 28.9 Å². The Morgan fingerprint density at radius 3 is 1.86 bits per heavy atom. The second kappa shape index (κ2) is 11.8. The van der Waals surface area contributed by atoms with Crippen LogP contribution in [0.1, 0.15) is 80.7 Å². The number of carbonyl (C=O) groups is 6. The number of nitrogens with zero attached hydrogens (tertiary/aromatic N) is 3. The van der Waals surface area contributed by atoms with E-state index in [9.17, 15) is 28.8 Å². The Hall–Kier alpha value is -4.16. The summed E-state index contributed by atoms with van der Waals surface area (Å²) in [6, 6.07) is 6.28. The molecular weight excluding hydrogens is 562 g/mol. The highest BCUT2D eigenvalue weighted by Gasteiger charge is 2.66. The van der Waals surface area contributed by atoms with Crippen molar-refractivity contribution in [3.8, 4) is 0 Å². The Kier molecular flexibility index (Phi) is 9.19. The summed E-state index contributed by atoms with van der Waals surface area (Å²) >= 11 is 0. The van der Waals surface area contributed by atoms with E-state index in [1.165, 1.54) is 0 Å². The molecule has 2 heterocycles. The van der Waals surface area contributed by atoms with Crippen LogP contribution < -0.4 is 0 Å². The van der Waals surface area contributed by atoms with Crippen LogP contribution in [-0.4, -0.2) is 85.8 Å². The van der Waals surface area contributed by atoms with Crippen molar-refractivity contribution in [2.45, 2.75) is 110 Å². The number of esters is 1. The molecule has 2 saturated heterocycles. The van der Waals surface area contributed by atoms with E-state index in [1.807, 2.05) is 0 Å². The Morgan fingerprint density at radius 1 is 0.791 bits per heavy atom. The number of ether oxygens (including phenoxy) is 4. The van der Waals surface area contributed by atoms with Gasteiger partial charge in [-0.2, -0.15) is 4.90 Å². The average Bonchev–Trinajstić information content (AvgIpc) is 3.05. The van der Waals surface area contributed by atoms with Crippen molar-refractivity contribution < 1.29 is 47.7 Å². The quantitative estimate of drug-likeness (QED) is 0.262. The Labute approximate surface area is 251 Å². The van der Waals surface area contributed by atoms with Crippen molar-refractivity contribution in [3.63, 3.8) is 0 Å². The van der Waals surface area contributed by atoms with Crippen LogP contribution in [0.4, 0.5) is 19.2 Å². The lowest BCUT2D eigenvalue weighted by Gasteiger charge is -2.44. The molecular formula is C30H41N3O10. The standard InChI is InChI=1S/C30H41N3O10/c1-27(2,3)41-21(34)20-15-16-30(18-31(20)24(37)40-17-19-13-11-10-12-14-19)22(35)32(25(38)42-28(4,5)6)23(36)33(30)26(39)43-29(7,8)9/h10-14,20H,15-18H2,1-9H3/t20-,30-/m1/s1. The molecule has 1 spiro atoms. The van der Waals surface area contributed by atoms with Gasteiger partial charge >= 0.3 is 30.3 Å². The summed E-state index contributed by atoms with van der Waals surface area (Å²) in [5.74, 6) is -1.86. The fourth-order valence-corrected chi connectivity index (χ4v) is 4.67. The van der Waals surface area contributed by atoms with Crippen LogP contribution in [0.5, 0.6) is 0 Å². The van der Waals surface area contributed by atoms with E-state index < -0.39 is 71.1 Å². The van der Waals surface area contributed by atoms with Crippen molar-refractivity contribution in [2.24, 2.45) is 0 Å². The molecule has 2 fully saturated rings. The molecule has 0 radical (unpaired) electrons. The van der Waals surface area contributed by atoms with Gasteiger partial charge in [0.15, 0.2) is 5.54 Å². The Bertz CT molecular complexity index is 1280. The smallest absolute Gasteiger partial charge is 0.425 e. The number of hydrogen-bond donors (Lipinski definition) is 0. The number of rotatable bonds is 3. The number of amides is 6. The summed E-state index contributed by atoms with van der Waals surface area (Å²) in [6.07, 6.45) is -3.96. The van der Waals surface area contributed by atoms with E-state index in [0.717, 1.165) is 4.90 Å². The highest BCUT2D eigenvalue weighted by Crippen LogP contribution is 2.40. The van der Waals surface area contributed by atoms with Gasteiger partial charge in [0, 0.05) is 0 Å². The molecule has 236 valence electrons. The normalized spacial score (nSPS) is 21.1. The van der Waals surface area contributed by atoms with Gasteiger partial charge in [-0.3, -0.25) is 9.69 Å². The molecule has 13 nitrogen and oxygen atoms in total. The van der Waals surface area contributed by atoms with Gasteiger partial charge in [0.05, 0.1) is 6.54 Å². The van der Waals surface area contributed by atoms with Crippen LogP contribution in [0.2, 0.25) is 0 Å². The predicted molar refractivity (Wildman–Crippen MR) is 151 cm³/mol. The Morgan fingerprint density at radius 2 is 1.33 bits per heavy atom. The lowest BCUT2D eigenvalue weighted by Crippen LogP contribution is -2.66. The van der Waals surface area contributed by atoms with Gasteiger partial charge in [0.1, 0.15) is 29.5 Å². The molecule has 0 N–H and O–H groups in total. The summed E-state index contributed by atoms with van der Waals surface area (Å²) in [4.78, 5) is 82.7. The molecule has 43 heavy (non-hydrogen) atoms. The van der Waals surface area contributed by atoms with Crippen LogP contribution in [0.25, 0.3) is 0 Å². The highest BCUT2D eigenvalue weighted by atomic mass is 16.6. The van der Waals surface area contributed by atoms with Gasteiger partial charge < -0.3 is 18.9 Å². The summed E-state index contributed by atoms with van der Waals surface area (Å²) < 4.78 is 21.8. The first kappa shape index (κ1) is 33.3. The molecule has 0 unspecified atom stereocenters. The van der Waals surface area contributed by atoms with Gasteiger partial charge in [-0.15, -0.1) is 0 Å². The second-order valence-corrected chi connectivity index (χ2v) is 13.5. The van der Waals surface area contributed by atoms with Crippen molar-refractivity contribution in [2.75, 3.05) is 6.54 Å². The lowest BCUT2D eigenvalue weighted by atomic mass is 9.84. The number of benzene rings is 1. The maximum atomic E-state index is 14.0. The fraction of sp³-hybridized carbons (Fsp3) is 0.600. The molecule has 2 atom stereocenters. The Balaban J connectivity index is 2.06. The summed E-state index contributed by atoms with van der Waals surface area (Å²) in [7, 11) is 0. The minimum atomic E-state index is -2.10. The molecule has 0 bridgehead atoms. The fourth-order valence-electron chi connectivity index (χ4n) is 4.67. The molecule has 0 aromatic heterocycles. The van der Waals surface area contributed by atoms with E-state index in [4.69, 9.17) is 18.9 Å². The zero-order valence-corrected chi connectivity index (χ0v) is 26.2. The zero-order chi connectivity index (χ0) is 32.5. The van der Waals surface area contributed by atoms with Gasteiger partial charge in [0.2, 0.25) is 0 Å². The van der Waals surface area contributed by atoms with Crippen LogP contribution in [-0.2, 0) is 35.1 Å². The molecule has 6 amide bonds. The first-order chi connectivity index (χ1) is 19.7. The molecule has 0 aliphatic carbocycles. The first-order valence-electron chi connectivity index (χ1n) is 14.0. The average molecular weight is 604 g/mol. The van der Waals surface area contributed by atoms with Crippen molar-refractivity contribution in [3.05, 3.63) is 35.9 Å². The predicted octanol–water partition coefficient (Wildman–Crippen LogP) is 5.00. The highest BCUT2D eigenvalue weighted by molar-refractivity contribution is 6.21. The molecule has 1 aromatic rings. The number of carbonyl (C=O) groups excluding carboxylic acids is 6. The van der Waals surface area contributed by atoms with Crippen molar-refractivity contribution in [1.82, 2.24) is 14.7 Å². The SMILES string of the molecule is CC(C)(C)OC(=O)[C@H]1CC[C@@]2(CN1C(=O)OCc1ccccc1)C(=O)N(C(=O)OC(C)(C)C)C(=O)N2C(=O)OC(C)(C)C. The minimum Gasteiger partial charge on any atom is -0.458 e. The topological polar surface area (TPSA) is 149 Å². The third-order valence-corrected chi connectivity index (χ3v) is 6.32. The zero-order valence-electron chi connectivity index (χ0n) is 26.2. The second-order valence-electron chi connectivity index (χ2n) is 13.5. The maximum Gasteiger partial charge on any atom is 0.425 e. The number of urea groups is 1. The lowest BCUT2D eigenvalue weighted by molar-refractivity contribution is -0.164. The first-order valence-corrected chi connectivity index (χ1v) is 14.0. The molecule has 3 rings (SSSR count). The van der Waals surface area contributed by atoms with Crippen molar-refractivity contribution in [1.29, 1.82) is 0 Å². The summed E-state index contributed by atoms with van der Waals surface area (Å²) in [5.41, 5.74) is -4.49. The maximum absolute atomic E-state index is 14.0. The van der Waals surface area contributed by atoms with E-state index in [-0.39, 0.29) is 24.3 Å². The molecule has 0 saturated carbocycles. The summed E-state index contributed by atoms with van der Waals surface area (Å²) in [5, 5.41) is 0. The molecule has 13 heteroatoms. The number of hydrogen-bond acceptors (Lipinski definition) is 10. The number of piperidine rings is 1. The summed E-state index contributed by atoms with van der Waals surface area (Å²) in [6.45, 7) is 13.5. The third-order valence-electron chi connectivity index (χ3n) is 6.32. The molecule has 1 aromatic carbocycles. The van der Waals surface area contributed by atoms with E-state index in [2.05, 4.69) is 0 Å². The number of likely N-dealkylation sites (tertiary alicyclic amines) is 1. The van der Waals surface area contributed by atoms with E-state index >= 15 is 0 Å². The largest absolute Gasteiger partial charge is 0.458 e. The third kappa shape index (κ3) is 7.82. The van der Waals surface area contributed by atoms with Crippen molar-refractivity contribution >= 4 is 36.2 Å². The minimum absolute atomic E-state index is 0.156. The van der Waals surface area contributed by atoms with Gasteiger partial charge in [-0.1, -0.05) is 30.3 Å². The molecule has 2 aliphatic rings. The molecule has 2 aliphatic heterocycles. The van der Waals surface area contributed by atoms with Crippen LogP contribution in [0.3, 0.4) is 0 Å². The van der Waals surface area contributed by atoms with Crippen LogP contribution >= 0.6 is 0 Å². The van der Waals surface area contributed by atoms with E-state index in [1.54, 1.807) is 92.6 Å². The van der Waals surface area contributed by atoms with E-state index in [0.29, 0.717) is 10.5 Å². The van der Waals surface area contributed by atoms with Gasteiger partial charge in [0.25, 0.3) is 5.91 Å². The van der Waals surface area contributed by atoms with Crippen LogP contribution in [0.15, 0.2) is 30.3 Å². The van der Waals surface area contributed by atoms with Gasteiger partial charge in [-0.05, 0) is 80.7 Å².